The molecule has 0 bridgehead atoms. The molecule has 1 heterocycles. The Bertz CT molecular complexity index is 582. The summed E-state index contributed by atoms with van der Waals surface area (Å²) in [5.74, 6) is 0.177. The van der Waals surface area contributed by atoms with Crippen molar-refractivity contribution in [2.75, 3.05) is 14.2 Å². The van der Waals surface area contributed by atoms with Gasteiger partial charge >= 0.3 is 0 Å². The summed E-state index contributed by atoms with van der Waals surface area (Å²) >= 11 is 0. The topological polar surface area (TPSA) is 27.7 Å². The molecule has 0 saturated carbocycles. The fourth-order valence-electron chi connectivity index (χ4n) is 2.96. The minimum absolute atomic E-state index is 0.177. The monoisotopic (exact) mass is 284 g/mol. The fourth-order valence-corrected chi connectivity index (χ4v) is 2.96. The molecular formula is C18H20O3. The van der Waals surface area contributed by atoms with Gasteiger partial charge in [0, 0.05) is 26.6 Å². The van der Waals surface area contributed by atoms with Crippen molar-refractivity contribution in [3.05, 3.63) is 60.2 Å². The predicted octanol–water partition coefficient (Wildman–Crippen LogP) is 3.80. The molecule has 3 nitrogen and oxygen atoms in total. The van der Waals surface area contributed by atoms with Crippen molar-refractivity contribution in [2.24, 2.45) is 0 Å². The van der Waals surface area contributed by atoms with Crippen LogP contribution in [0.25, 0.3) is 11.1 Å². The summed E-state index contributed by atoms with van der Waals surface area (Å²) in [7, 11) is 3.35. The molecule has 0 radical (unpaired) electrons. The second-order valence-electron chi connectivity index (χ2n) is 5.20. The van der Waals surface area contributed by atoms with Crippen LogP contribution in [0, 0.1) is 0 Å². The van der Waals surface area contributed by atoms with E-state index in [9.17, 15) is 0 Å². The molecule has 2 aromatic rings. The van der Waals surface area contributed by atoms with Gasteiger partial charge in [-0.15, -0.1) is 0 Å². The third-order valence-corrected chi connectivity index (χ3v) is 4.00. The van der Waals surface area contributed by atoms with Gasteiger partial charge in [-0.1, -0.05) is 54.6 Å². The zero-order valence-corrected chi connectivity index (χ0v) is 12.4. The molecule has 110 valence electrons. The first kappa shape index (κ1) is 14.3. The van der Waals surface area contributed by atoms with Gasteiger partial charge in [0.05, 0.1) is 0 Å². The summed E-state index contributed by atoms with van der Waals surface area (Å²) in [6, 6.07) is 18.8. The first-order valence-corrected chi connectivity index (χ1v) is 7.19. The van der Waals surface area contributed by atoms with Crippen LogP contribution in [0.15, 0.2) is 54.6 Å². The maximum Gasteiger partial charge on any atom is 0.167 e. The van der Waals surface area contributed by atoms with Crippen LogP contribution in [0.1, 0.15) is 17.9 Å². The third kappa shape index (κ3) is 2.86. The molecule has 1 aliphatic rings. The van der Waals surface area contributed by atoms with Crippen LogP contribution in [0.2, 0.25) is 0 Å². The van der Waals surface area contributed by atoms with E-state index < -0.39 is 0 Å². The van der Waals surface area contributed by atoms with E-state index in [4.69, 9.17) is 14.2 Å². The minimum atomic E-state index is -0.264. The molecule has 21 heavy (non-hydrogen) atoms. The van der Waals surface area contributed by atoms with Gasteiger partial charge in [-0.25, -0.2) is 0 Å². The van der Waals surface area contributed by atoms with Crippen molar-refractivity contribution >= 4 is 0 Å². The number of benzene rings is 2. The van der Waals surface area contributed by atoms with Crippen molar-refractivity contribution in [1.82, 2.24) is 0 Å². The number of rotatable bonds is 4. The van der Waals surface area contributed by atoms with Crippen LogP contribution in [-0.2, 0) is 14.2 Å². The highest BCUT2D eigenvalue weighted by Gasteiger charge is 2.37. The largest absolute Gasteiger partial charge is 0.356 e. The van der Waals surface area contributed by atoms with Crippen LogP contribution in [0.5, 0.6) is 0 Å². The highest BCUT2D eigenvalue weighted by molar-refractivity contribution is 5.68. The average Bonchev–Trinajstić information content (AvgIpc) is 2.99. The third-order valence-electron chi connectivity index (χ3n) is 4.00. The van der Waals surface area contributed by atoms with E-state index in [1.54, 1.807) is 14.2 Å². The van der Waals surface area contributed by atoms with Crippen LogP contribution < -0.4 is 0 Å². The summed E-state index contributed by atoms with van der Waals surface area (Å²) in [6.07, 6.45) is 0.336. The van der Waals surface area contributed by atoms with Crippen molar-refractivity contribution < 1.29 is 14.2 Å². The fraction of sp³-hybridized carbons (Fsp3) is 0.333. The molecular weight excluding hydrogens is 264 g/mol. The van der Waals surface area contributed by atoms with E-state index in [-0.39, 0.29) is 18.5 Å². The lowest BCUT2D eigenvalue weighted by Crippen LogP contribution is -2.18. The molecule has 3 rings (SSSR count). The van der Waals surface area contributed by atoms with Crippen molar-refractivity contribution in [1.29, 1.82) is 0 Å². The predicted molar refractivity (Wildman–Crippen MR) is 81.9 cm³/mol. The molecule has 0 spiro atoms. The average molecular weight is 284 g/mol. The Balaban J connectivity index is 1.99. The Kier molecular flexibility index (Phi) is 4.34. The molecule has 3 heteroatoms. The molecule has 3 atom stereocenters. The number of ether oxygens (including phenoxy) is 3. The van der Waals surface area contributed by atoms with E-state index in [0.717, 1.165) is 6.42 Å². The molecule has 1 fully saturated rings. The van der Waals surface area contributed by atoms with Crippen molar-refractivity contribution in [3.63, 3.8) is 0 Å². The second kappa shape index (κ2) is 6.39. The van der Waals surface area contributed by atoms with Gasteiger partial charge in [0.25, 0.3) is 0 Å². The van der Waals surface area contributed by atoms with E-state index in [0.29, 0.717) is 0 Å². The molecule has 0 aliphatic carbocycles. The number of hydrogen-bond donors (Lipinski definition) is 0. The van der Waals surface area contributed by atoms with Gasteiger partial charge < -0.3 is 14.2 Å². The molecule has 0 aromatic heterocycles. The first-order chi connectivity index (χ1) is 10.3. The second-order valence-corrected chi connectivity index (χ2v) is 5.20. The van der Waals surface area contributed by atoms with Gasteiger partial charge in [0.1, 0.15) is 0 Å². The van der Waals surface area contributed by atoms with Crippen molar-refractivity contribution in [2.45, 2.75) is 24.9 Å². The maximum absolute atomic E-state index is 5.77. The lowest BCUT2D eigenvalue weighted by molar-refractivity contribution is -0.188. The van der Waals surface area contributed by atoms with E-state index in [2.05, 4.69) is 48.5 Å². The van der Waals surface area contributed by atoms with E-state index >= 15 is 0 Å². The molecule has 0 amide bonds. The molecule has 1 aliphatic heterocycles. The summed E-state index contributed by atoms with van der Waals surface area (Å²) in [5, 5.41) is 0. The van der Waals surface area contributed by atoms with Crippen LogP contribution >= 0.6 is 0 Å². The lowest BCUT2D eigenvalue weighted by atomic mass is 9.89. The Morgan fingerprint density at radius 2 is 1.62 bits per heavy atom. The highest BCUT2D eigenvalue weighted by atomic mass is 16.8. The Morgan fingerprint density at radius 1 is 0.905 bits per heavy atom. The van der Waals surface area contributed by atoms with Gasteiger partial charge in [-0.3, -0.25) is 0 Å². The van der Waals surface area contributed by atoms with Gasteiger partial charge in [0.15, 0.2) is 12.6 Å². The van der Waals surface area contributed by atoms with Crippen molar-refractivity contribution in [3.8, 4) is 11.1 Å². The first-order valence-electron chi connectivity index (χ1n) is 7.19. The molecule has 1 saturated heterocycles. The maximum atomic E-state index is 5.77. The zero-order chi connectivity index (χ0) is 14.7. The summed E-state index contributed by atoms with van der Waals surface area (Å²) in [4.78, 5) is 0. The number of hydrogen-bond acceptors (Lipinski definition) is 3. The van der Waals surface area contributed by atoms with E-state index in [1.165, 1.54) is 16.7 Å². The summed E-state index contributed by atoms with van der Waals surface area (Å²) < 4.78 is 16.6. The minimum Gasteiger partial charge on any atom is -0.356 e. The van der Waals surface area contributed by atoms with Crippen LogP contribution in [0.3, 0.4) is 0 Å². The van der Waals surface area contributed by atoms with Crippen LogP contribution in [-0.4, -0.2) is 26.8 Å². The highest BCUT2D eigenvalue weighted by Crippen LogP contribution is 2.40. The quantitative estimate of drug-likeness (QED) is 0.854. The molecule has 0 N–H and O–H groups in total. The smallest absolute Gasteiger partial charge is 0.167 e. The summed E-state index contributed by atoms with van der Waals surface area (Å²) in [6.45, 7) is 0. The Hall–Kier alpha value is -1.68. The van der Waals surface area contributed by atoms with E-state index in [1.807, 2.05) is 6.07 Å². The number of methoxy groups -OCH3 is 2. The Morgan fingerprint density at radius 3 is 2.33 bits per heavy atom. The Labute approximate surface area is 125 Å². The summed E-state index contributed by atoms with van der Waals surface area (Å²) in [5.41, 5.74) is 3.68. The van der Waals surface area contributed by atoms with Gasteiger partial charge in [-0.2, -0.15) is 0 Å². The SMILES string of the molecule is COC1CC(c2ccccc2-c2ccccc2)C(OC)O1. The van der Waals surface area contributed by atoms with Crippen LogP contribution in [0.4, 0.5) is 0 Å². The molecule has 2 aromatic carbocycles. The van der Waals surface area contributed by atoms with Gasteiger partial charge in [-0.05, 0) is 16.7 Å². The van der Waals surface area contributed by atoms with Gasteiger partial charge in [0.2, 0.25) is 0 Å². The lowest BCUT2D eigenvalue weighted by Gasteiger charge is -2.20. The zero-order valence-electron chi connectivity index (χ0n) is 12.4. The normalized spacial score (nSPS) is 25.1. The molecule has 3 unspecified atom stereocenters. The standard InChI is InChI=1S/C18H20O3/c1-19-17-12-16(18(20-2)21-17)15-11-7-6-10-14(15)13-8-4-3-5-9-13/h3-11,16-18H,12H2,1-2H3.